The van der Waals surface area contributed by atoms with E-state index in [0.717, 1.165) is 6.07 Å². The quantitative estimate of drug-likeness (QED) is 0.338. The Morgan fingerprint density at radius 2 is 1.61 bits per heavy atom. The largest absolute Gasteiger partial charge is 0.444 e. The molecule has 200 valence electrons. The van der Waals surface area contributed by atoms with Crippen molar-refractivity contribution >= 4 is 29.5 Å². The second-order valence-electron chi connectivity index (χ2n) is 10.1. The van der Waals surface area contributed by atoms with Gasteiger partial charge in [0, 0.05) is 13.1 Å². The minimum absolute atomic E-state index is 0.0555. The Morgan fingerprint density at radius 3 is 2.17 bits per heavy atom. The highest BCUT2D eigenvalue weighted by atomic mass is 19.1. The fourth-order valence-electron chi connectivity index (χ4n) is 3.01. The van der Waals surface area contributed by atoms with Crippen LogP contribution in [0, 0.1) is 17.1 Å². The summed E-state index contributed by atoms with van der Waals surface area (Å²) in [7, 11) is 0. The maximum atomic E-state index is 14.2. The van der Waals surface area contributed by atoms with Gasteiger partial charge in [-0.25, -0.2) is 14.0 Å². The molecule has 0 saturated heterocycles. The first kappa shape index (κ1) is 30.5. The molecule has 0 saturated carbocycles. The van der Waals surface area contributed by atoms with E-state index in [0.29, 0.717) is 25.9 Å². The van der Waals surface area contributed by atoms with E-state index >= 15 is 0 Å². The molecule has 0 radical (unpaired) electrons. The number of carbonyl (C=O) groups excluding carboxylic acids is 3. The average Bonchev–Trinajstić information content (AvgIpc) is 2.72. The third-order valence-corrected chi connectivity index (χ3v) is 4.45. The molecule has 0 aromatic heterocycles. The summed E-state index contributed by atoms with van der Waals surface area (Å²) < 4.78 is 24.6. The number of anilines is 2. The molecule has 0 fully saturated rings. The zero-order valence-corrected chi connectivity index (χ0v) is 22.1. The van der Waals surface area contributed by atoms with Crippen LogP contribution in [0.15, 0.2) is 12.1 Å². The van der Waals surface area contributed by atoms with E-state index in [2.05, 4.69) is 21.3 Å². The molecule has 0 heterocycles. The van der Waals surface area contributed by atoms with Gasteiger partial charge in [0.1, 0.15) is 29.1 Å². The highest BCUT2D eigenvalue weighted by molar-refractivity contribution is 5.98. The molecule has 1 atom stereocenters. The fourth-order valence-corrected chi connectivity index (χ4v) is 3.01. The monoisotopic (exact) mass is 507 g/mol. The topological polar surface area (TPSA) is 142 Å². The number of carbonyl (C=O) groups is 3. The number of hydrogen-bond acceptors (Lipinski definition) is 7. The number of nitriles is 1. The number of amides is 3. The molecule has 10 nitrogen and oxygen atoms in total. The highest BCUT2D eigenvalue weighted by Crippen LogP contribution is 2.24. The molecule has 0 spiro atoms. The van der Waals surface area contributed by atoms with E-state index in [1.165, 1.54) is 6.07 Å². The predicted octanol–water partition coefficient (Wildman–Crippen LogP) is 4.66. The van der Waals surface area contributed by atoms with Gasteiger partial charge in [-0.1, -0.05) is 0 Å². The summed E-state index contributed by atoms with van der Waals surface area (Å²) in [5.74, 6) is -1.21. The zero-order chi connectivity index (χ0) is 27.5. The van der Waals surface area contributed by atoms with Crippen molar-refractivity contribution in [2.45, 2.75) is 85.0 Å². The van der Waals surface area contributed by atoms with Crippen LogP contribution in [0.25, 0.3) is 0 Å². The summed E-state index contributed by atoms with van der Waals surface area (Å²) in [5, 5.41) is 20.0. The van der Waals surface area contributed by atoms with Gasteiger partial charge in [-0.15, -0.1) is 0 Å². The summed E-state index contributed by atoms with van der Waals surface area (Å²) in [6, 6.07) is 3.23. The number of nitrogens with zero attached hydrogens (tertiary/aromatic N) is 1. The third kappa shape index (κ3) is 11.7. The Morgan fingerprint density at radius 1 is 1.00 bits per heavy atom. The normalized spacial score (nSPS) is 12.1. The standard InChI is InChI=1S/C25H38FN5O5/c1-8-28-20-14-19(16(15-27)13-17(20)26)30-21(32)18(31-23(34)36-25(5,6)7)11-9-10-12-29-22(33)35-24(2,3)4/h13-14,18,28H,8-12H2,1-7H3,(H,29,33)(H,30,32)(H,31,34). The summed E-state index contributed by atoms with van der Waals surface area (Å²) >= 11 is 0. The van der Waals surface area contributed by atoms with Crippen molar-refractivity contribution in [3.63, 3.8) is 0 Å². The summed E-state index contributed by atoms with van der Waals surface area (Å²) in [5.41, 5.74) is -1.19. The van der Waals surface area contributed by atoms with Crippen LogP contribution in [0.3, 0.4) is 0 Å². The van der Waals surface area contributed by atoms with Crippen LogP contribution in [-0.2, 0) is 14.3 Å². The minimum atomic E-state index is -0.999. The first-order valence-corrected chi connectivity index (χ1v) is 11.9. The molecule has 11 heteroatoms. The smallest absolute Gasteiger partial charge is 0.408 e. The van der Waals surface area contributed by atoms with E-state index in [1.54, 1.807) is 48.5 Å². The number of alkyl carbamates (subject to hydrolysis) is 2. The van der Waals surface area contributed by atoms with Crippen molar-refractivity contribution < 1.29 is 28.2 Å². The van der Waals surface area contributed by atoms with Crippen LogP contribution in [0.4, 0.5) is 25.4 Å². The molecule has 0 aliphatic carbocycles. The Balaban J connectivity index is 2.90. The van der Waals surface area contributed by atoms with Crippen LogP contribution in [0.5, 0.6) is 0 Å². The summed E-state index contributed by atoms with van der Waals surface area (Å²) in [4.78, 5) is 37.2. The minimum Gasteiger partial charge on any atom is -0.444 e. The Bertz CT molecular complexity index is 963. The van der Waals surface area contributed by atoms with Gasteiger partial charge in [0.05, 0.1) is 16.9 Å². The van der Waals surface area contributed by atoms with E-state index in [-0.39, 0.29) is 23.4 Å². The van der Waals surface area contributed by atoms with Crippen molar-refractivity contribution in [1.82, 2.24) is 10.6 Å². The molecule has 1 aromatic carbocycles. The SMILES string of the molecule is CCNc1cc(NC(=O)C(CCCCNC(=O)OC(C)(C)C)NC(=O)OC(C)(C)C)c(C#N)cc1F. The van der Waals surface area contributed by atoms with E-state index in [9.17, 15) is 24.0 Å². The number of benzene rings is 1. The first-order chi connectivity index (χ1) is 16.6. The Hall–Kier alpha value is -3.55. The molecule has 36 heavy (non-hydrogen) atoms. The van der Waals surface area contributed by atoms with Gasteiger partial charge in [0.25, 0.3) is 0 Å². The molecule has 4 N–H and O–H groups in total. The van der Waals surface area contributed by atoms with Crippen LogP contribution in [0.2, 0.25) is 0 Å². The molecule has 1 aromatic rings. The van der Waals surface area contributed by atoms with Gasteiger partial charge in [0.2, 0.25) is 5.91 Å². The molecular weight excluding hydrogens is 469 g/mol. The van der Waals surface area contributed by atoms with E-state index in [4.69, 9.17) is 9.47 Å². The van der Waals surface area contributed by atoms with E-state index < -0.39 is 41.2 Å². The molecule has 3 amide bonds. The van der Waals surface area contributed by atoms with Gasteiger partial charge in [-0.2, -0.15) is 5.26 Å². The predicted molar refractivity (Wildman–Crippen MR) is 135 cm³/mol. The maximum Gasteiger partial charge on any atom is 0.408 e. The third-order valence-electron chi connectivity index (χ3n) is 4.45. The van der Waals surface area contributed by atoms with Crippen LogP contribution < -0.4 is 21.3 Å². The van der Waals surface area contributed by atoms with Gasteiger partial charge in [-0.05, 0) is 79.9 Å². The molecule has 0 aliphatic heterocycles. The summed E-state index contributed by atoms with van der Waals surface area (Å²) in [6.45, 7) is 12.9. The Labute approximate surface area is 212 Å². The number of halogens is 1. The number of unbranched alkanes of at least 4 members (excludes halogenated alkanes) is 1. The molecular formula is C25H38FN5O5. The lowest BCUT2D eigenvalue weighted by Crippen LogP contribution is -2.46. The van der Waals surface area contributed by atoms with E-state index in [1.807, 2.05) is 6.07 Å². The zero-order valence-electron chi connectivity index (χ0n) is 22.1. The average molecular weight is 508 g/mol. The Kier molecular flexibility index (Phi) is 11.4. The van der Waals surface area contributed by atoms with Gasteiger partial charge in [-0.3, -0.25) is 4.79 Å². The van der Waals surface area contributed by atoms with Crippen LogP contribution in [0.1, 0.15) is 73.3 Å². The van der Waals surface area contributed by atoms with Gasteiger partial charge in [0.15, 0.2) is 0 Å². The molecule has 0 bridgehead atoms. The summed E-state index contributed by atoms with van der Waals surface area (Å²) in [6.07, 6.45) is -0.0998. The molecule has 0 aliphatic rings. The molecule has 1 unspecified atom stereocenters. The van der Waals surface area contributed by atoms with Crippen molar-refractivity contribution in [3.8, 4) is 6.07 Å². The van der Waals surface area contributed by atoms with Crippen molar-refractivity contribution in [2.75, 3.05) is 23.7 Å². The number of rotatable bonds is 10. The van der Waals surface area contributed by atoms with Crippen molar-refractivity contribution in [1.29, 1.82) is 5.26 Å². The number of hydrogen-bond donors (Lipinski definition) is 4. The lowest BCUT2D eigenvalue weighted by molar-refractivity contribution is -0.118. The molecule has 1 rings (SSSR count). The lowest BCUT2D eigenvalue weighted by Gasteiger charge is -2.23. The fraction of sp³-hybridized carbons (Fsp3) is 0.600. The second kappa shape index (κ2) is 13.5. The lowest BCUT2D eigenvalue weighted by atomic mass is 10.1. The highest BCUT2D eigenvalue weighted by Gasteiger charge is 2.25. The van der Waals surface area contributed by atoms with Crippen molar-refractivity contribution in [3.05, 3.63) is 23.5 Å². The van der Waals surface area contributed by atoms with Crippen LogP contribution in [-0.4, -0.2) is 48.4 Å². The first-order valence-electron chi connectivity index (χ1n) is 11.9. The number of nitrogens with one attached hydrogen (secondary N) is 4. The van der Waals surface area contributed by atoms with Gasteiger partial charge < -0.3 is 30.7 Å². The second-order valence-corrected chi connectivity index (χ2v) is 10.1. The van der Waals surface area contributed by atoms with Crippen LogP contribution >= 0.6 is 0 Å². The maximum absolute atomic E-state index is 14.2. The van der Waals surface area contributed by atoms with Crippen molar-refractivity contribution in [2.24, 2.45) is 0 Å². The van der Waals surface area contributed by atoms with Gasteiger partial charge >= 0.3 is 12.2 Å². The number of ether oxygens (including phenoxy) is 2.